The van der Waals surface area contributed by atoms with Gasteiger partial charge in [0.25, 0.3) is 5.91 Å². The molecule has 3 aliphatic rings. The van der Waals surface area contributed by atoms with Crippen molar-refractivity contribution in [2.24, 2.45) is 10.9 Å². The first-order valence-electron chi connectivity index (χ1n) is 22.6. The monoisotopic (exact) mass is 927 g/mol. The number of nitrogens with one attached hydrogen (secondary N) is 3. The first-order valence-corrected chi connectivity index (χ1v) is 24.2. The molecule has 14 nitrogen and oxygen atoms in total. The maximum atomic E-state index is 13.5. The lowest BCUT2D eigenvalue weighted by atomic mass is 9.85. The summed E-state index contributed by atoms with van der Waals surface area (Å²) in [5, 5.41) is 17.7. The number of H-pyrrole nitrogens is 1. The summed E-state index contributed by atoms with van der Waals surface area (Å²) >= 11 is 0. The molecular formula is C49H63F2N9O5S. The molecule has 8 rings (SSSR count). The van der Waals surface area contributed by atoms with Crippen LogP contribution in [0.2, 0.25) is 0 Å². The summed E-state index contributed by atoms with van der Waals surface area (Å²) in [5.74, 6) is -0.345. The number of hydrogen-bond donors (Lipinski definition) is 5. The molecule has 0 bridgehead atoms. The minimum absolute atomic E-state index is 0.0847. The Labute approximate surface area is 387 Å². The van der Waals surface area contributed by atoms with Crippen LogP contribution in [0.1, 0.15) is 78.5 Å². The summed E-state index contributed by atoms with van der Waals surface area (Å²) in [6.45, 7) is 8.51. The third kappa shape index (κ3) is 13.0. The molecule has 0 aliphatic carbocycles. The van der Waals surface area contributed by atoms with Crippen molar-refractivity contribution in [3.8, 4) is 5.75 Å². The smallest absolute Gasteiger partial charge is 0.255 e. The van der Waals surface area contributed by atoms with Crippen molar-refractivity contribution in [2.45, 2.75) is 74.3 Å². The first-order chi connectivity index (χ1) is 31.8. The number of carbonyl (C=O) groups excluding carboxylic acids is 2. The van der Waals surface area contributed by atoms with Crippen LogP contribution in [0.15, 0.2) is 114 Å². The van der Waals surface area contributed by atoms with Gasteiger partial charge in [-0.2, -0.15) is 5.10 Å². The minimum atomic E-state index is -3.87. The van der Waals surface area contributed by atoms with Crippen LogP contribution in [0.3, 0.4) is 0 Å². The van der Waals surface area contributed by atoms with E-state index in [-0.39, 0.29) is 39.8 Å². The predicted molar refractivity (Wildman–Crippen MR) is 253 cm³/mol. The largest absolute Gasteiger partial charge is 0.496 e. The van der Waals surface area contributed by atoms with Crippen LogP contribution in [0, 0.1) is 11.6 Å². The van der Waals surface area contributed by atoms with Crippen molar-refractivity contribution in [3.63, 3.8) is 0 Å². The zero-order chi connectivity index (χ0) is 47.1. The molecular weight excluding hydrogens is 865 g/mol. The molecule has 1 aromatic heterocycles. The highest BCUT2D eigenvalue weighted by molar-refractivity contribution is 7.89. The number of aromatic nitrogens is 2. The predicted octanol–water partition coefficient (Wildman–Crippen LogP) is 5.77. The Morgan fingerprint density at radius 1 is 0.955 bits per heavy atom. The molecule has 5 aromatic rings. The Balaban J connectivity index is 0.000000198. The SMILES string of the molecule is CCN1CCCC1CNC(=O)c1cc(S(N)(=O)=O)ccc1OC.NCCc1cc[nH]n1.O=C1NCN(c2ccccc2)C12CCN(CCCC(c1ccc(F)cc1)c1ccc(F)cc1)CC2. The maximum Gasteiger partial charge on any atom is 0.255 e. The number of sulfonamides is 1. The van der Waals surface area contributed by atoms with Gasteiger partial charge in [0.2, 0.25) is 15.9 Å². The summed E-state index contributed by atoms with van der Waals surface area (Å²) in [5.41, 5.74) is 9.16. The van der Waals surface area contributed by atoms with Gasteiger partial charge in [-0.15, -0.1) is 0 Å². The van der Waals surface area contributed by atoms with Gasteiger partial charge in [-0.1, -0.05) is 49.4 Å². The van der Waals surface area contributed by atoms with E-state index in [0.717, 1.165) is 100 Å². The number of benzene rings is 4. The van der Waals surface area contributed by atoms with E-state index >= 15 is 0 Å². The number of nitrogens with zero attached hydrogens (tertiary/aromatic N) is 4. The average Bonchev–Trinajstić information content (AvgIpc) is 4.10. The number of likely N-dealkylation sites (N-methyl/N-ethyl adjacent to an activating group) is 1. The quantitative estimate of drug-likeness (QED) is 0.0862. The standard InChI is InChI=1S/C29H31F2N3O.C15H23N3O4S.C5H9N3/c30-24-12-8-22(9-13-24)27(23-10-14-25(31)15-11-23)7-4-18-33-19-16-29(17-20-33)28(35)32-21-34(29)26-5-2-1-3-6-26;1-3-18-8-4-5-11(18)10-17-15(19)13-9-12(23(16,20)21)6-7-14(13)22-2;6-3-1-5-2-4-7-8-5/h1-3,5-6,8-15,27H,4,7,16-21H2,(H,32,35);6-7,9,11H,3-5,8,10H2,1-2H3,(H,17,19)(H2,16,20,21);2,4H,1,3,6H2,(H,7,8). The van der Waals surface area contributed by atoms with Crippen LogP contribution in [0.25, 0.3) is 0 Å². The molecule has 354 valence electrons. The third-order valence-electron chi connectivity index (χ3n) is 12.7. The molecule has 7 N–H and O–H groups in total. The number of amides is 2. The lowest BCUT2D eigenvalue weighted by Crippen LogP contribution is -2.56. The highest BCUT2D eigenvalue weighted by Gasteiger charge is 2.50. The lowest BCUT2D eigenvalue weighted by molar-refractivity contribution is -0.125. The highest BCUT2D eigenvalue weighted by Crippen LogP contribution is 2.37. The number of para-hydroxylation sites is 1. The molecule has 66 heavy (non-hydrogen) atoms. The van der Waals surface area contributed by atoms with Crippen LogP contribution in [-0.2, 0) is 21.2 Å². The van der Waals surface area contributed by atoms with Crippen molar-refractivity contribution in [1.82, 2.24) is 30.6 Å². The number of hydrogen-bond acceptors (Lipinski definition) is 10. The van der Waals surface area contributed by atoms with E-state index in [1.165, 1.54) is 49.6 Å². The van der Waals surface area contributed by atoms with E-state index < -0.39 is 15.6 Å². The van der Waals surface area contributed by atoms with Crippen molar-refractivity contribution < 1.29 is 31.5 Å². The maximum absolute atomic E-state index is 13.5. The van der Waals surface area contributed by atoms with Gasteiger partial charge >= 0.3 is 0 Å². The zero-order valence-electron chi connectivity index (χ0n) is 37.8. The summed E-state index contributed by atoms with van der Waals surface area (Å²) in [4.78, 5) is 32.2. The van der Waals surface area contributed by atoms with Crippen LogP contribution in [0.4, 0.5) is 14.5 Å². The topological polar surface area (TPSA) is 192 Å². The average molecular weight is 928 g/mol. The number of aromatic amines is 1. The molecule has 0 saturated carbocycles. The Kier molecular flexibility index (Phi) is 17.8. The van der Waals surface area contributed by atoms with Crippen molar-refractivity contribution in [1.29, 1.82) is 0 Å². The molecule has 0 radical (unpaired) electrons. The molecule has 2 amide bonds. The number of piperidine rings is 1. The lowest BCUT2D eigenvalue weighted by Gasteiger charge is -2.43. The van der Waals surface area contributed by atoms with Gasteiger partial charge in [-0.25, -0.2) is 22.3 Å². The Hall–Kier alpha value is -5.72. The van der Waals surface area contributed by atoms with Crippen molar-refractivity contribution >= 4 is 27.5 Å². The van der Waals surface area contributed by atoms with E-state index in [0.29, 0.717) is 31.5 Å². The van der Waals surface area contributed by atoms with Crippen LogP contribution < -0.4 is 31.1 Å². The number of rotatable bonds is 15. The molecule has 17 heteroatoms. The second-order valence-corrected chi connectivity index (χ2v) is 18.3. The highest BCUT2D eigenvalue weighted by atomic mass is 32.2. The minimum Gasteiger partial charge on any atom is -0.496 e. The first kappa shape index (κ1) is 49.7. The van der Waals surface area contributed by atoms with Gasteiger partial charge in [-0.3, -0.25) is 19.6 Å². The number of halogens is 2. The Morgan fingerprint density at radius 3 is 2.20 bits per heavy atom. The number of primary sulfonamides is 1. The summed E-state index contributed by atoms with van der Waals surface area (Å²) < 4.78 is 55.1. The summed E-state index contributed by atoms with van der Waals surface area (Å²) in [6.07, 6.45) is 8.27. The van der Waals surface area contributed by atoms with Crippen LogP contribution in [-0.4, -0.2) is 111 Å². The number of methoxy groups -OCH3 is 1. The van der Waals surface area contributed by atoms with Crippen molar-refractivity contribution in [3.05, 3.63) is 143 Å². The molecule has 3 aliphatic heterocycles. The molecule has 1 spiro atoms. The molecule has 1 atom stereocenters. The number of carbonyl (C=O) groups is 2. The van der Waals surface area contributed by atoms with Gasteiger partial charge in [-0.05, 0) is 136 Å². The fourth-order valence-electron chi connectivity index (χ4n) is 9.08. The third-order valence-corrected chi connectivity index (χ3v) is 13.6. The molecule has 3 fully saturated rings. The summed E-state index contributed by atoms with van der Waals surface area (Å²) in [6, 6.07) is 29.6. The number of anilines is 1. The van der Waals surface area contributed by atoms with E-state index in [1.807, 2.05) is 48.5 Å². The fourth-order valence-corrected chi connectivity index (χ4v) is 9.62. The van der Waals surface area contributed by atoms with E-state index in [4.69, 9.17) is 15.6 Å². The van der Waals surface area contributed by atoms with Gasteiger partial charge in [0.1, 0.15) is 22.9 Å². The number of ether oxygens (including phenoxy) is 1. The van der Waals surface area contributed by atoms with E-state index in [9.17, 15) is 26.8 Å². The van der Waals surface area contributed by atoms with E-state index in [1.54, 1.807) is 6.20 Å². The normalized spacial score (nSPS) is 17.2. The molecule has 4 heterocycles. The fraction of sp³-hybridized carbons (Fsp3) is 0.408. The zero-order valence-corrected chi connectivity index (χ0v) is 38.6. The second-order valence-electron chi connectivity index (χ2n) is 16.7. The number of likely N-dealkylation sites (tertiary alicyclic amines) is 2. The van der Waals surface area contributed by atoms with Gasteiger partial charge in [0.15, 0.2) is 0 Å². The van der Waals surface area contributed by atoms with Gasteiger partial charge in [0, 0.05) is 49.9 Å². The molecule has 4 aromatic carbocycles. The van der Waals surface area contributed by atoms with E-state index in [2.05, 4.69) is 54.6 Å². The molecule has 1 unspecified atom stereocenters. The van der Waals surface area contributed by atoms with Crippen LogP contribution in [0.5, 0.6) is 5.75 Å². The van der Waals surface area contributed by atoms with Crippen LogP contribution >= 0.6 is 0 Å². The second kappa shape index (κ2) is 23.6. The van der Waals surface area contributed by atoms with Gasteiger partial charge in [0.05, 0.1) is 29.9 Å². The Bertz CT molecular complexity index is 2360. The number of nitrogens with two attached hydrogens (primary N) is 2. The molecule has 3 saturated heterocycles. The van der Waals surface area contributed by atoms with Crippen molar-refractivity contribution in [2.75, 3.05) is 64.5 Å². The van der Waals surface area contributed by atoms with Gasteiger partial charge < -0.3 is 30.9 Å². The summed E-state index contributed by atoms with van der Waals surface area (Å²) in [7, 11) is -2.44. The Morgan fingerprint density at radius 2 is 1.62 bits per heavy atom.